The summed E-state index contributed by atoms with van der Waals surface area (Å²) in [7, 11) is 0. The second-order valence-corrected chi connectivity index (χ2v) is 7.81. The summed E-state index contributed by atoms with van der Waals surface area (Å²) in [5.74, 6) is -1.81. The number of nitrogens with two attached hydrogens (primary N) is 1. The van der Waals surface area contributed by atoms with E-state index in [0.29, 0.717) is 31.6 Å². The smallest absolute Gasteiger partial charge is 0.240 e. The Morgan fingerprint density at radius 3 is 2.10 bits per heavy atom. The number of hydrogen-bond acceptors (Lipinski definition) is 3. The molecule has 166 valence electrons. The molecule has 1 aliphatic rings. The summed E-state index contributed by atoms with van der Waals surface area (Å²) in [6.45, 7) is 5.06. The maximum Gasteiger partial charge on any atom is 0.240 e. The monoisotopic (exact) mass is 429 g/mol. The first-order chi connectivity index (χ1) is 14.8. The molecule has 31 heavy (non-hydrogen) atoms. The van der Waals surface area contributed by atoms with E-state index in [1.54, 1.807) is 29.2 Å². The van der Waals surface area contributed by atoms with E-state index in [4.69, 9.17) is 5.73 Å². The molecule has 2 aromatic carbocycles. The highest BCUT2D eigenvalue weighted by Gasteiger charge is 2.38. The van der Waals surface area contributed by atoms with Crippen LogP contribution in [0.4, 0.5) is 8.78 Å². The zero-order chi connectivity index (χ0) is 22.5. The molecule has 0 aromatic heterocycles. The molecule has 1 aliphatic heterocycles. The van der Waals surface area contributed by atoms with Crippen molar-refractivity contribution in [1.29, 1.82) is 0 Å². The second-order valence-electron chi connectivity index (χ2n) is 7.81. The molecular formula is C24H29F2N3O2. The summed E-state index contributed by atoms with van der Waals surface area (Å²) in [6.07, 6.45) is -0.762. The number of amides is 2. The molecule has 1 saturated heterocycles. The van der Waals surface area contributed by atoms with Gasteiger partial charge in [0.15, 0.2) is 0 Å². The maximum atomic E-state index is 13.6. The lowest BCUT2D eigenvalue weighted by Gasteiger charge is -2.30. The summed E-state index contributed by atoms with van der Waals surface area (Å²) < 4.78 is 26.8. The highest BCUT2D eigenvalue weighted by atomic mass is 19.1. The van der Waals surface area contributed by atoms with Crippen LogP contribution in [-0.4, -0.2) is 60.0 Å². The van der Waals surface area contributed by atoms with Crippen molar-refractivity contribution in [1.82, 2.24) is 9.80 Å². The number of carbonyl (C=O) groups is 2. The third-order valence-corrected chi connectivity index (χ3v) is 5.88. The maximum absolute atomic E-state index is 13.6. The summed E-state index contributed by atoms with van der Waals surface area (Å²) >= 11 is 0. The van der Waals surface area contributed by atoms with Gasteiger partial charge in [-0.25, -0.2) is 8.78 Å². The number of halogens is 2. The number of likely N-dealkylation sites (N-methyl/N-ethyl adjacent to an activating group) is 1. The van der Waals surface area contributed by atoms with Crippen LogP contribution in [0.5, 0.6) is 0 Å². The molecule has 2 aromatic rings. The Morgan fingerprint density at radius 1 is 1.06 bits per heavy atom. The molecular weight excluding hydrogens is 400 g/mol. The molecule has 0 radical (unpaired) electrons. The fraction of sp³-hybridized carbons (Fsp3) is 0.417. The van der Waals surface area contributed by atoms with E-state index in [0.717, 1.165) is 11.1 Å². The van der Waals surface area contributed by atoms with Gasteiger partial charge in [-0.1, -0.05) is 36.4 Å². The molecule has 0 aliphatic carbocycles. The Bertz CT molecular complexity index is 898. The number of nitrogens with zero attached hydrogens (tertiary/aromatic N) is 2. The molecule has 2 N–H and O–H groups in total. The second kappa shape index (κ2) is 10.0. The first kappa shape index (κ1) is 22.9. The number of rotatable bonds is 7. The van der Waals surface area contributed by atoms with Crippen LogP contribution >= 0.6 is 0 Å². The van der Waals surface area contributed by atoms with Crippen molar-refractivity contribution < 1.29 is 18.4 Å². The summed E-state index contributed by atoms with van der Waals surface area (Å²) in [5.41, 5.74) is 8.65. The number of carbonyl (C=O) groups excluding carboxylic acids is 2. The average Bonchev–Trinajstić information content (AvgIpc) is 3.21. The van der Waals surface area contributed by atoms with Gasteiger partial charge in [0.2, 0.25) is 11.8 Å². The van der Waals surface area contributed by atoms with Gasteiger partial charge in [0.05, 0.1) is 12.5 Å². The van der Waals surface area contributed by atoms with E-state index in [1.807, 2.05) is 26.0 Å². The molecule has 1 heterocycles. The van der Waals surface area contributed by atoms with Gasteiger partial charge in [0.25, 0.3) is 0 Å². The minimum Gasteiger partial charge on any atom is -0.343 e. The lowest BCUT2D eigenvalue weighted by Crippen LogP contribution is -2.51. The number of likely N-dealkylation sites (tertiary alicyclic amines) is 1. The minimum atomic E-state index is -1.10. The Kier molecular flexibility index (Phi) is 7.38. The van der Waals surface area contributed by atoms with Gasteiger partial charge in [-0.3, -0.25) is 9.59 Å². The van der Waals surface area contributed by atoms with Crippen molar-refractivity contribution in [3.8, 4) is 11.1 Å². The van der Waals surface area contributed by atoms with Crippen LogP contribution in [0.3, 0.4) is 0 Å². The highest BCUT2D eigenvalue weighted by Crippen LogP contribution is 2.28. The third-order valence-electron chi connectivity index (χ3n) is 5.88. The number of hydrogen-bond donors (Lipinski definition) is 1. The molecule has 2 amide bonds. The molecule has 7 heteroatoms. The highest BCUT2D eigenvalue weighted by molar-refractivity contribution is 5.93. The normalized spacial score (nSPS) is 18.0. The SMILES string of the molecule is CCN(CC)C(=O)[C@@H](c1ccc(-c2ccc(F)cc2)cc1)[C@H](N)C(=O)N1CC[C@H](F)C1. The quantitative estimate of drug-likeness (QED) is 0.734. The Morgan fingerprint density at radius 2 is 1.61 bits per heavy atom. The Balaban J connectivity index is 1.91. The van der Waals surface area contributed by atoms with Crippen molar-refractivity contribution in [2.75, 3.05) is 26.2 Å². The van der Waals surface area contributed by atoms with Crippen LogP contribution in [0.2, 0.25) is 0 Å². The largest absolute Gasteiger partial charge is 0.343 e. The first-order valence-corrected chi connectivity index (χ1v) is 10.7. The van der Waals surface area contributed by atoms with Crippen LogP contribution in [0.15, 0.2) is 48.5 Å². The summed E-state index contributed by atoms with van der Waals surface area (Å²) in [4.78, 5) is 29.3. The molecule has 3 rings (SSSR count). The minimum absolute atomic E-state index is 0.0161. The van der Waals surface area contributed by atoms with Gasteiger partial charge < -0.3 is 15.5 Å². The van der Waals surface area contributed by atoms with Crippen LogP contribution in [0.1, 0.15) is 31.7 Å². The van der Waals surface area contributed by atoms with Crippen LogP contribution in [0, 0.1) is 5.82 Å². The zero-order valence-electron chi connectivity index (χ0n) is 17.9. The van der Waals surface area contributed by atoms with Gasteiger partial charge >= 0.3 is 0 Å². The first-order valence-electron chi connectivity index (χ1n) is 10.7. The van der Waals surface area contributed by atoms with Crippen molar-refractivity contribution >= 4 is 11.8 Å². The molecule has 5 nitrogen and oxygen atoms in total. The van der Waals surface area contributed by atoms with E-state index in [1.165, 1.54) is 17.0 Å². The fourth-order valence-electron chi connectivity index (χ4n) is 4.03. The van der Waals surface area contributed by atoms with Crippen LogP contribution in [0.25, 0.3) is 11.1 Å². The molecule has 3 atom stereocenters. The van der Waals surface area contributed by atoms with Gasteiger partial charge in [-0.2, -0.15) is 0 Å². The third kappa shape index (κ3) is 5.10. The average molecular weight is 430 g/mol. The number of alkyl halides is 1. The topological polar surface area (TPSA) is 66.6 Å². The lowest BCUT2D eigenvalue weighted by molar-refractivity contribution is -0.139. The summed E-state index contributed by atoms with van der Waals surface area (Å²) in [6, 6.07) is 12.2. The van der Waals surface area contributed by atoms with Crippen LogP contribution < -0.4 is 5.73 Å². The van der Waals surface area contributed by atoms with Crippen molar-refractivity contribution in [3.63, 3.8) is 0 Å². The molecule has 0 saturated carbocycles. The molecule has 0 unspecified atom stereocenters. The van der Waals surface area contributed by atoms with Crippen molar-refractivity contribution in [3.05, 3.63) is 59.9 Å². The van der Waals surface area contributed by atoms with Crippen LogP contribution in [-0.2, 0) is 9.59 Å². The van der Waals surface area contributed by atoms with Crippen molar-refractivity contribution in [2.45, 2.75) is 38.4 Å². The molecule has 1 fully saturated rings. The Hall–Kier alpha value is -2.80. The standard InChI is InChI=1S/C24H29F2N3O2/c1-3-28(4-2)23(30)21(22(27)24(31)29-14-13-20(26)15-29)18-7-5-16(6-8-18)17-9-11-19(25)12-10-17/h5-12,20-22H,3-4,13-15,27H2,1-2H3/t20-,21-,22-/m0/s1. The van der Waals surface area contributed by atoms with E-state index >= 15 is 0 Å². The van der Waals surface area contributed by atoms with E-state index < -0.39 is 24.0 Å². The zero-order valence-corrected chi connectivity index (χ0v) is 17.9. The van der Waals surface area contributed by atoms with Gasteiger partial charge in [-0.15, -0.1) is 0 Å². The number of benzene rings is 2. The van der Waals surface area contributed by atoms with Crippen molar-refractivity contribution in [2.24, 2.45) is 5.73 Å². The van der Waals surface area contributed by atoms with Gasteiger partial charge in [0, 0.05) is 19.6 Å². The Labute approximate surface area is 181 Å². The predicted octanol–water partition coefficient (Wildman–Crippen LogP) is 3.34. The fourth-order valence-corrected chi connectivity index (χ4v) is 4.03. The molecule has 0 bridgehead atoms. The predicted molar refractivity (Wildman–Crippen MR) is 117 cm³/mol. The van der Waals surface area contributed by atoms with E-state index in [9.17, 15) is 18.4 Å². The van der Waals surface area contributed by atoms with Gasteiger partial charge in [0.1, 0.15) is 18.0 Å². The van der Waals surface area contributed by atoms with E-state index in [2.05, 4.69) is 0 Å². The van der Waals surface area contributed by atoms with Gasteiger partial charge in [-0.05, 0) is 49.1 Å². The summed E-state index contributed by atoms with van der Waals surface area (Å²) in [5, 5.41) is 0. The molecule has 0 spiro atoms. The lowest BCUT2D eigenvalue weighted by atomic mass is 9.88. The van der Waals surface area contributed by atoms with E-state index in [-0.39, 0.29) is 18.3 Å².